The third-order valence-corrected chi connectivity index (χ3v) is 3.99. The van der Waals surface area contributed by atoms with Gasteiger partial charge in [0.05, 0.1) is 4.90 Å². The van der Waals surface area contributed by atoms with Crippen LogP contribution in [0.5, 0.6) is 0 Å². The second-order valence-corrected chi connectivity index (χ2v) is 5.95. The summed E-state index contributed by atoms with van der Waals surface area (Å²) in [4.78, 5) is 0.511. The summed E-state index contributed by atoms with van der Waals surface area (Å²) in [7, 11) is -3.42. The van der Waals surface area contributed by atoms with E-state index in [1.807, 2.05) is 6.92 Å². The minimum atomic E-state index is -3.42. The van der Waals surface area contributed by atoms with E-state index in [-0.39, 0.29) is 9.88 Å². The predicted molar refractivity (Wildman–Crippen MR) is 72.5 cm³/mol. The summed E-state index contributed by atoms with van der Waals surface area (Å²) in [5.74, 6) is 0. The molecule has 0 aliphatic carbocycles. The van der Waals surface area contributed by atoms with Crippen LogP contribution >= 0.6 is 12.2 Å². The van der Waals surface area contributed by atoms with E-state index in [2.05, 4.69) is 4.72 Å². The zero-order chi connectivity index (χ0) is 13.1. The Bertz CT molecular complexity index is 524. The molecule has 0 radical (unpaired) electrons. The number of sulfonamides is 1. The van der Waals surface area contributed by atoms with Gasteiger partial charge in [-0.1, -0.05) is 25.2 Å². The van der Waals surface area contributed by atoms with Crippen LogP contribution in [-0.2, 0) is 10.0 Å². The van der Waals surface area contributed by atoms with Gasteiger partial charge in [-0.15, -0.1) is 0 Å². The molecule has 1 rings (SSSR count). The van der Waals surface area contributed by atoms with Gasteiger partial charge in [0, 0.05) is 12.1 Å². The summed E-state index contributed by atoms with van der Waals surface area (Å²) in [5.41, 5.74) is 6.98. The molecule has 94 valence electrons. The molecule has 0 aromatic heterocycles. The van der Waals surface area contributed by atoms with Gasteiger partial charge < -0.3 is 5.73 Å². The maximum atomic E-state index is 11.8. The van der Waals surface area contributed by atoms with Crippen LogP contribution in [0.3, 0.4) is 0 Å². The highest BCUT2D eigenvalue weighted by Crippen LogP contribution is 2.15. The fraction of sp³-hybridized carbons (Fsp3) is 0.364. The molecule has 1 aromatic carbocycles. The van der Waals surface area contributed by atoms with Crippen molar-refractivity contribution >= 4 is 27.2 Å². The minimum absolute atomic E-state index is 0.239. The van der Waals surface area contributed by atoms with Gasteiger partial charge in [0.15, 0.2) is 0 Å². The molecule has 0 saturated carbocycles. The van der Waals surface area contributed by atoms with Gasteiger partial charge in [-0.2, -0.15) is 0 Å². The topological polar surface area (TPSA) is 72.2 Å². The maximum Gasteiger partial charge on any atom is 0.240 e. The molecule has 0 atom stereocenters. The summed E-state index contributed by atoms with van der Waals surface area (Å²) in [6, 6.07) is 4.73. The Labute approximate surface area is 107 Å². The van der Waals surface area contributed by atoms with Gasteiger partial charge in [-0.25, -0.2) is 13.1 Å². The van der Waals surface area contributed by atoms with Crippen molar-refractivity contribution in [1.29, 1.82) is 0 Å². The van der Waals surface area contributed by atoms with Gasteiger partial charge in [-0.3, -0.25) is 0 Å². The van der Waals surface area contributed by atoms with Crippen LogP contribution in [0.2, 0.25) is 0 Å². The third kappa shape index (κ3) is 3.49. The summed E-state index contributed by atoms with van der Waals surface area (Å²) in [5, 5.41) is 0. The van der Waals surface area contributed by atoms with Crippen LogP contribution in [0, 0.1) is 6.92 Å². The fourth-order valence-electron chi connectivity index (χ4n) is 1.40. The first-order chi connectivity index (χ1) is 7.88. The summed E-state index contributed by atoms with van der Waals surface area (Å²) < 4.78 is 26.2. The van der Waals surface area contributed by atoms with Gasteiger partial charge in [0.2, 0.25) is 10.0 Å². The van der Waals surface area contributed by atoms with E-state index in [0.29, 0.717) is 12.1 Å². The van der Waals surface area contributed by atoms with Crippen molar-refractivity contribution in [3.63, 3.8) is 0 Å². The monoisotopic (exact) mass is 272 g/mol. The van der Waals surface area contributed by atoms with E-state index >= 15 is 0 Å². The summed E-state index contributed by atoms with van der Waals surface area (Å²) in [6.45, 7) is 4.12. The lowest BCUT2D eigenvalue weighted by Crippen LogP contribution is -2.24. The zero-order valence-electron chi connectivity index (χ0n) is 9.86. The number of hydrogen-bond donors (Lipinski definition) is 2. The van der Waals surface area contributed by atoms with Crippen molar-refractivity contribution in [2.75, 3.05) is 6.54 Å². The smallest absolute Gasteiger partial charge is 0.240 e. The second-order valence-electron chi connectivity index (χ2n) is 3.74. The lowest BCUT2D eigenvalue weighted by atomic mass is 10.1. The number of thiocarbonyl (C=S) groups is 1. The highest BCUT2D eigenvalue weighted by atomic mass is 32.2. The number of hydrogen-bond acceptors (Lipinski definition) is 3. The largest absolute Gasteiger partial charge is 0.389 e. The Morgan fingerprint density at radius 1 is 1.47 bits per heavy atom. The molecule has 4 nitrogen and oxygen atoms in total. The van der Waals surface area contributed by atoms with E-state index in [4.69, 9.17) is 18.0 Å². The fourth-order valence-corrected chi connectivity index (χ4v) is 2.85. The van der Waals surface area contributed by atoms with Crippen LogP contribution in [0.4, 0.5) is 0 Å². The van der Waals surface area contributed by atoms with Crippen molar-refractivity contribution < 1.29 is 8.42 Å². The van der Waals surface area contributed by atoms with E-state index in [1.54, 1.807) is 19.1 Å². The standard InChI is InChI=1S/C11H16N2O2S2/c1-3-6-13-17(14,15)9-4-5-10(11(12)16)8(2)7-9/h4-5,7,13H,3,6H2,1-2H3,(H2,12,16). The molecule has 1 aromatic rings. The number of benzene rings is 1. The highest BCUT2D eigenvalue weighted by Gasteiger charge is 2.14. The molecule has 3 N–H and O–H groups in total. The molecule has 0 saturated heterocycles. The average Bonchev–Trinajstić information content (AvgIpc) is 2.25. The van der Waals surface area contributed by atoms with Crippen LogP contribution in [0.25, 0.3) is 0 Å². The Kier molecular flexibility index (Phi) is 4.62. The zero-order valence-corrected chi connectivity index (χ0v) is 11.5. The summed E-state index contributed by atoms with van der Waals surface area (Å²) in [6.07, 6.45) is 0.753. The molecule has 0 fully saturated rings. The van der Waals surface area contributed by atoms with Crippen LogP contribution < -0.4 is 10.5 Å². The number of aryl methyl sites for hydroxylation is 1. The molecule has 0 aliphatic rings. The molecule has 0 amide bonds. The quantitative estimate of drug-likeness (QED) is 0.793. The molecular formula is C11H16N2O2S2. The highest BCUT2D eigenvalue weighted by molar-refractivity contribution is 7.89. The summed E-state index contributed by atoms with van der Waals surface area (Å²) >= 11 is 4.87. The van der Waals surface area contributed by atoms with E-state index in [9.17, 15) is 8.42 Å². The van der Waals surface area contributed by atoms with Crippen molar-refractivity contribution in [2.24, 2.45) is 5.73 Å². The predicted octanol–water partition coefficient (Wildman–Crippen LogP) is 1.32. The number of rotatable bonds is 5. The van der Waals surface area contributed by atoms with Crippen LogP contribution in [0.15, 0.2) is 23.1 Å². The average molecular weight is 272 g/mol. The molecule has 0 aliphatic heterocycles. The van der Waals surface area contributed by atoms with Crippen molar-refractivity contribution in [3.8, 4) is 0 Å². The van der Waals surface area contributed by atoms with E-state index in [0.717, 1.165) is 12.0 Å². The van der Waals surface area contributed by atoms with Gasteiger partial charge in [-0.05, 0) is 31.0 Å². The Hall–Kier alpha value is -0.980. The molecular weight excluding hydrogens is 256 g/mol. The SMILES string of the molecule is CCCNS(=O)(=O)c1ccc(C(N)=S)c(C)c1. The van der Waals surface area contributed by atoms with Gasteiger partial charge in [0.1, 0.15) is 4.99 Å². The van der Waals surface area contributed by atoms with Crippen LogP contribution in [0.1, 0.15) is 24.5 Å². The molecule has 6 heteroatoms. The van der Waals surface area contributed by atoms with Crippen molar-refractivity contribution in [1.82, 2.24) is 4.72 Å². The third-order valence-electron chi connectivity index (χ3n) is 2.32. The molecule has 17 heavy (non-hydrogen) atoms. The molecule has 0 heterocycles. The van der Waals surface area contributed by atoms with E-state index in [1.165, 1.54) is 6.07 Å². The first kappa shape index (κ1) is 14.1. The van der Waals surface area contributed by atoms with Crippen LogP contribution in [-0.4, -0.2) is 20.0 Å². The normalized spacial score (nSPS) is 11.4. The lowest BCUT2D eigenvalue weighted by Gasteiger charge is -2.09. The Morgan fingerprint density at radius 3 is 2.59 bits per heavy atom. The second kappa shape index (κ2) is 5.57. The van der Waals surface area contributed by atoms with Gasteiger partial charge in [0.25, 0.3) is 0 Å². The van der Waals surface area contributed by atoms with Crippen molar-refractivity contribution in [3.05, 3.63) is 29.3 Å². The van der Waals surface area contributed by atoms with Gasteiger partial charge >= 0.3 is 0 Å². The van der Waals surface area contributed by atoms with E-state index < -0.39 is 10.0 Å². The number of nitrogens with two attached hydrogens (primary N) is 1. The lowest BCUT2D eigenvalue weighted by molar-refractivity contribution is 0.580. The first-order valence-electron chi connectivity index (χ1n) is 5.28. The first-order valence-corrected chi connectivity index (χ1v) is 7.17. The number of nitrogens with one attached hydrogen (secondary N) is 1. The molecule has 0 bridgehead atoms. The van der Waals surface area contributed by atoms with Crippen molar-refractivity contribution in [2.45, 2.75) is 25.2 Å². The Morgan fingerprint density at radius 2 is 2.12 bits per heavy atom. The molecule has 0 spiro atoms. The maximum absolute atomic E-state index is 11.8. The minimum Gasteiger partial charge on any atom is -0.389 e. The molecule has 0 unspecified atom stereocenters. The Balaban J connectivity index is 3.09.